The third-order valence-corrected chi connectivity index (χ3v) is 2.60. The van der Waals surface area contributed by atoms with Gasteiger partial charge in [0.2, 0.25) is 5.91 Å². The van der Waals surface area contributed by atoms with Gasteiger partial charge >= 0.3 is 0 Å². The number of nitrogens with zero attached hydrogens (tertiary/aromatic N) is 2. The van der Waals surface area contributed by atoms with Crippen molar-refractivity contribution in [2.75, 3.05) is 39.6 Å². The Bertz CT molecular complexity index is 184. The average molecular weight is 205 g/mol. The fourth-order valence-corrected chi connectivity index (χ4v) is 1.98. The molecule has 76 valence electrons. The summed E-state index contributed by atoms with van der Waals surface area (Å²) in [5, 5.41) is 0. The van der Waals surface area contributed by atoms with Crippen LogP contribution in [0.5, 0.6) is 0 Å². The summed E-state index contributed by atoms with van der Waals surface area (Å²) < 4.78 is 0. The van der Waals surface area contributed by atoms with Crippen molar-refractivity contribution < 1.29 is 4.79 Å². The van der Waals surface area contributed by atoms with Gasteiger partial charge < -0.3 is 9.80 Å². The molecule has 1 heterocycles. The first-order chi connectivity index (χ1) is 6.13. The second-order valence-corrected chi connectivity index (χ2v) is 4.16. The SMILES string of the molecule is CN(C)CC1CCN(C(=O)CCl)C1. The van der Waals surface area contributed by atoms with E-state index in [1.807, 2.05) is 4.90 Å². The van der Waals surface area contributed by atoms with Gasteiger partial charge in [0.15, 0.2) is 0 Å². The van der Waals surface area contributed by atoms with Gasteiger partial charge in [-0.2, -0.15) is 0 Å². The predicted octanol–water partition coefficient (Wildman–Crippen LogP) is 0.635. The van der Waals surface area contributed by atoms with Gasteiger partial charge in [-0.3, -0.25) is 4.79 Å². The largest absolute Gasteiger partial charge is 0.341 e. The molecule has 0 aromatic heterocycles. The monoisotopic (exact) mass is 204 g/mol. The molecule has 1 unspecified atom stereocenters. The first-order valence-corrected chi connectivity index (χ1v) is 5.15. The average Bonchev–Trinajstić information content (AvgIpc) is 2.50. The van der Waals surface area contributed by atoms with Gasteiger partial charge in [-0.05, 0) is 26.4 Å². The number of carbonyl (C=O) groups excluding carboxylic acids is 1. The van der Waals surface area contributed by atoms with E-state index in [1.165, 1.54) is 0 Å². The molecule has 1 aliphatic heterocycles. The predicted molar refractivity (Wildman–Crippen MR) is 54.0 cm³/mol. The van der Waals surface area contributed by atoms with E-state index in [0.29, 0.717) is 5.92 Å². The molecule has 0 radical (unpaired) electrons. The molecule has 0 spiro atoms. The van der Waals surface area contributed by atoms with Crippen LogP contribution in [0.15, 0.2) is 0 Å². The highest BCUT2D eigenvalue weighted by Gasteiger charge is 2.25. The maximum Gasteiger partial charge on any atom is 0.237 e. The molecule has 13 heavy (non-hydrogen) atoms. The van der Waals surface area contributed by atoms with Crippen LogP contribution in [0.25, 0.3) is 0 Å². The molecule has 0 bridgehead atoms. The second kappa shape index (κ2) is 4.82. The lowest BCUT2D eigenvalue weighted by atomic mass is 10.1. The number of halogens is 1. The molecule has 1 saturated heterocycles. The summed E-state index contributed by atoms with van der Waals surface area (Å²) in [6.07, 6.45) is 1.11. The van der Waals surface area contributed by atoms with E-state index >= 15 is 0 Å². The molecular weight excluding hydrogens is 188 g/mol. The Morgan fingerprint density at radius 2 is 2.31 bits per heavy atom. The molecule has 1 aliphatic rings. The van der Waals surface area contributed by atoms with Crippen LogP contribution < -0.4 is 0 Å². The summed E-state index contributed by atoms with van der Waals surface area (Å²) in [5.41, 5.74) is 0. The number of hydrogen-bond donors (Lipinski definition) is 0. The van der Waals surface area contributed by atoms with Crippen molar-refractivity contribution in [3.63, 3.8) is 0 Å². The van der Waals surface area contributed by atoms with E-state index < -0.39 is 0 Å². The highest BCUT2D eigenvalue weighted by molar-refractivity contribution is 6.27. The number of alkyl halides is 1. The fraction of sp³-hybridized carbons (Fsp3) is 0.889. The normalized spacial score (nSPS) is 22.8. The van der Waals surface area contributed by atoms with Gasteiger partial charge in [0.05, 0.1) is 0 Å². The summed E-state index contributed by atoms with van der Waals surface area (Å²) in [6, 6.07) is 0. The molecule has 0 aromatic carbocycles. The molecule has 0 aliphatic carbocycles. The lowest BCUT2D eigenvalue weighted by Gasteiger charge is -2.17. The van der Waals surface area contributed by atoms with Crippen LogP contribution in [-0.2, 0) is 4.79 Å². The summed E-state index contributed by atoms with van der Waals surface area (Å²) in [4.78, 5) is 15.3. The van der Waals surface area contributed by atoms with E-state index in [2.05, 4.69) is 19.0 Å². The fourth-order valence-electron chi connectivity index (χ4n) is 1.81. The van der Waals surface area contributed by atoms with E-state index in [-0.39, 0.29) is 11.8 Å². The molecular formula is C9H17ClN2O. The van der Waals surface area contributed by atoms with Crippen molar-refractivity contribution in [1.29, 1.82) is 0 Å². The number of carbonyl (C=O) groups is 1. The van der Waals surface area contributed by atoms with Crippen molar-refractivity contribution in [2.24, 2.45) is 5.92 Å². The van der Waals surface area contributed by atoms with Crippen LogP contribution in [0.4, 0.5) is 0 Å². The minimum Gasteiger partial charge on any atom is -0.341 e. The third-order valence-electron chi connectivity index (χ3n) is 2.38. The maximum atomic E-state index is 11.2. The molecule has 0 aromatic rings. The Hall–Kier alpha value is -0.280. The maximum absolute atomic E-state index is 11.2. The molecule has 1 atom stereocenters. The lowest BCUT2D eigenvalue weighted by Crippen LogP contribution is -2.31. The summed E-state index contributed by atoms with van der Waals surface area (Å²) in [5.74, 6) is 0.819. The smallest absolute Gasteiger partial charge is 0.237 e. The Balaban J connectivity index is 2.32. The second-order valence-electron chi connectivity index (χ2n) is 3.89. The molecule has 4 heteroatoms. The molecule has 0 N–H and O–H groups in total. The zero-order chi connectivity index (χ0) is 9.84. The Labute approximate surface area is 84.6 Å². The minimum atomic E-state index is 0.0722. The van der Waals surface area contributed by atoms with Gasteiger partial charge in [-0.1, -0.05) is 0 Å². The van der Waals surface area contributed by atoms with E-state index in [1.54, 1.807) is 0 Å². The van der Waals surface area contributed by atoms with E-state index in [0.717, 1.165) is 26.1 Å². The topological polar surface area (TPSA) is 23.6 Å². The van der Waals surface area contributed by atoms with Crippen LogP contribution in [0, 0.1) is 5.92 Å². The van der Waals surface area contributed by atoms with Crippen molar-refractivity contribution in [1.82, 2.24) is 9.80 Å². The van der Waals surface area contributed by atoms with Crippen molar-refractivity contribution in [2.45, 2.75) is 6.42 Å². The summed E-state index contributed by atoms with van der Waals surface area (Å²) in [6.45, 7) is 2.82. The molecule has 3 nitrogen and oxygen atoms in total. The van der Waals surface area contributed by atoms with Crippen LogP contribution in [0.2, 0.25) is 0 Å². The Kier molecular flexibility index (Phi) is 4.00. The van der Waals surface area contributed by atoms with Crippen LogP contribution in [0.1, 0.15) is 6.42 Å². The summed E-state index contributed by atoms with van der Waals surface area (Å²) >= 11 is 5.48. The zero-order valence-electron chi connectivity index (χ0n) is 8.29. The van der Waals surface area contributed by atoms with Crippen molar-refractivity contribution in [3.05, 3.63) is 0 Å². The molecule has 1 fully saturated rings. The lowest BCUT2D eigenvalue weighted by molar-refractivity contribution is -0.127. The quantitative estimate of drug-likeness (QED) is 0.630. The minimum absolute atomic E-state index is 0.0722. The van der Waals surface area contributed by atoms with Gasteiger partial charge in [0, 0.05) is 19.6 Å². The van der Waals surface area contributed by atoms with Gasteiger partial charge in [0.25, 0.3) is 0 Å². The highest BCUT2D eigenvalue weighted by atomic mass is 35.5. The zero-order valence-corrected chi connectivity index (χ0v) is 9.05. The molecule has 1 amide bonds. The number of hydrogen-bond acceptors (Lipinski definition) is 2. The Morgan fingerprint density at radius 3 is 2.85 bits per heavy atom. The van der Waals surface area contributed by atoms with Crippen molar-refractivity contribution >= 4 is 17.5 Å². The van der Waals surface area contributed by atoms with Crippen LogP contribution >= 0.6 is 11.6 Å². The number of likely N-dealkylation sites (tertiary alicyclic amines) is 1. The number of amides is 1. The molecule has 0 saturated carbocycles. The van der Waals surface area contributed by atoms with Gasteiger partial charge in [0.1, 0.15) is 5.88 Å². The number of rotatable bonds is 3. The van der Waals surface area contributed by atoms with Crippen molar-refractivity contribution in [3.8, 4) is 0 Å². The van der Waals surface area contributed by atoms with Crippen LogP contribution in [0.3, 0.4) is 0 Å². The van der Waals surface area contributed by atoms with Crippen LogP contribution in [-0.4, -0.2) is 55.3 Å². The van der Waals surface area contributed by atoms with E-state index in [9.17, 15) is 4.79 Å². The molecule has 1 rings (SSSR count). The third kappa shape index (κ3) is 3.16. The summed E-state index contributed by atoms with van der Waals surface area (Å²) in [7, 11) is 4.12. The van der Waals surface area contributed by atoms with E-state index in [4.69, 9.17) is 11.6 Å². The highest BCUT2D eigenvalue weighted by Crippen LogP contribution is 2.16. The van der Waals surface area contributed by atoms with Gasteiger partial charge in [-0.15, -0.1) is 11.6 Å². The van der Waals surface area contributed by atoms with Gasteiger partial charge in [-0.25, -0.2) is 0 Å². The standard InChI is InChI=1S/C9H17ClN2O/c1-11(2)6-8-3-4-12(7-8)9(13)5-10/h8H,3-7H2,1-2H3. The first-order valence-electron chi connectivity index (χ1n) is 4.62. The Morgan fingerprint density at radius 1 is 1.62 bits per heavy atom. The first kappa shape index (κ1) is 10.8.